The first-order valence-corrected chi connectivity index (χ1v) is 9.45. The van der Waals surface area contributed by atoms with E-state index in [1.807, 2.05) is 48.4 Å². The van der Waals surface area contributed by atoms with Gasteiger partial charge in [-0.05, 0) is 43.5 Å². The molecule has 6 heteroatoms. The first-order chi connectivity index (χ1) is 12.8. The number of fused-ring (bicyclic) bond motifs is 2. The molecule has 4 heterocycles. The van der Waals surface area contributed by atoms with E-state index in [2.05, 4.69) is 25.9 Å². The fourth-order valence-corrected chi connectivity index (χ4v) is 4.50. The molecule has 134 valence electrons. The van der Waals surface area contributed by atoms with Crippen LogP contribution in [0.3, 0.4) is 0 Å². The van der Waals surface area contributed by atoms with Gasteiger partial charge in [0, 0.05) is 38.9 Å². The molecule has 0 spiro atoms. The Hall–Kier alpha value is -2.47. The zero-order valence-corrected chi connectivity index (χ0v) is 15.1. The van der Waals surface area contributed by atoms with Crippen molar-refractivity contribution in [2.75, 3.05) is 24.5 Å². The standard InChI is InChI=1S/C20H24N6/c1-24-16(6-9-22-24)13-25-10-7-15-8-11-26(14-19(15)25)20-12-21-17-4-2-3-5-18(17)23-20/h2-6,9,12,15,19H,7-8,10-11,13-14H2,1H3. The van der Waals surface area contributed by atoms with Crippen molar-refractivity contribution in [1.29, 1.82) is 0 Å². The van der Waals surface area contributed by atoms with Gasteiger partial charge < -0.3 is 4.90 Å². The van der Waals surface area contributed by atoms with Crippen molar-refractivity contribution in [1.82, 2.24) is 24.6 Å². The topological polar surface area (TPSA) is 50.1 Å². The summed E-state index contributed by atoms with van der Waals surface area (Å²) in [6.07, 6.45) is 6.37. The summed E-state index contributed by atoms with van der Waals surface area (Å²) in [5, 5.41) is 4.32. The third-order valence-corrected chi connectivity index (χ3v) is 6.02. The van der Waals surface area contributed by atoms with E-state index in [-0.39, 0.29) is 0 Å². The Bertz CT molecular complexity index is 919. The summed E-state index contributed by atoms with van der Waals surface area (Å²) >= 11 is 0. The predicted molar refractivity (Wildman–Crippen MR) is 102 cm³/mol. The summed E-state index contributed by atoms with van der Waals surface area (Å²) in [4.78, 5) is 14.5. The molecule has 0 bridgehead atoms. The van der Waals surface area contributed by atoms with Gasteiger partial charge in [-0.3, -0.25) is 14.6 Å². The number of hydrogen-bond donors (Lipinski definition) is 0. The molecule has 2 atom stereocenters. The van der Waals surface area contributed by atoms with Gasteiger partial charge in [-0.25, -0.2) is 4.98 Å². The van der Waals surface area contributed by atoms with Crippen molar-refractivity contribution in [2.24, 2.45) is 13.0 Å². The monoisotopic (exact) mass is 348 g/mol. The molecule has 2 aliphatic rings. The number of rotatable bonds is 3. The molecule has 2 saturated heterocycles. The van der Waals surface area contributed by atoms with Crippen molar-refractivity contribution in [3.8, 4) is 0 Å². The molecule has 2 unspecified atom stereocenters. The predicted octanol–water partition coefficient (Wildman–Crippen LogP) is 2.46. The van der Waals surface area contributed by atoms with E-state index in [9.17, 15) is 0 Å². The van der Waals surface area contributed by atoms with Crippen LogP contribution in [-0.4, -0.2) is 50.3 Å². The molecule has 6 nitrogen and oxygen atoms in total. The number of hydrogen-bond acceptors (Lipinski definition) is 5. The molecular formula is C20H24N6. The SMILES string of the molecule is Cn1nccc1CN1CCC2CCN(c3cnc4ccccc4n3)CC21. The highest BCUT2D eigenvalue weighted by atomic mass is 15.3. The van der Waals surface area contributed by atoms with Gasteiger partial charge in [-0.2, -0.15) is 5.10 Å². The van der Waals surface area contributed by atoms with Crippen molar-refractivity contribution >= 4 is 16.9 Å². The highest BCUT2D eigenvalue weighted by Gasteiger charge is 2.38. The van der Waals surface area contributed by atoms with E-state index in [1.54, 1.807) is 0 Å². The minimum atomic E-state index is 0.590. The van der Waals surface area contributed by atoms with Crippen LogP contribution in [0.1, 0.15) is 18.5 Å². The Balaban J connectivity index is 1.36. The maximum Gasteiger partial charge on any atom is 0.147 e. The minimum Gasteiger partial charge on any atom is -0.354 e. The minimum absolute atomic E-state index is 0.590. The lowest BCUT2D eigenvalue weighted by molar-refractivity contribution is 0.196. The van der Waals surface area contributed by atoms with Crippen molar-refractivity contribution < 1.29 is 0 Å². The van der Waals surface area contributed by atoms with Gasteiger partial charge in [0.1, 0.15) is 5.82 Å². The van der Waals surface area contributed by atoms with E-state index >= 15 is 0 Å². The zero-order valence-electron chi connectivity index (χ0n) is 15.1. The molecule has 5 rings (SSSR count). The van der Waals surface area contributed by atoms with E-state index in [0.29, 0.717) is 6.04 Å². The average molecular weight is 348 g/mol. The average Bonchev–Trinajstić information content (AvgIpc) is 3.28. The first kappa shape index (κ1) is 15.8. The number of aromatic nitrogens is 4. The van der Waals surface area contributed by atoms with E-state index < -0.39 is 0 Å². The van der Waals surface area contributed by atoms with Crippen LogP contribution in [0.5, 0.6) is 0 Å². The van der Waals surface area contributed by atoms with Gasteiger partial charge in [0.25, 0.3) is 0 Å². The maximum atomic E-state index is 4.86. The molecule has 0 saturated carbocycles. The summed E-state index contributed by atoms with van der Waals surface area (Å²) in [7, 11) is 2.03. The van der Waals surface area contributed by atoms with E-state index in [1.165, 1.54) is 25.1 Å². The summed E-state index contributed by atoms with van der Waals surface area (Å²) in [5.41, 5.74) is 3.23. The molecule has 3 aromatic rings. The largest absolute Gasteiger partial charge is 0.354 e. The smallest absolute Gasteiger partial charge is 0.147 e. The first-order valence-electron chi connectivity index (χ1n) is 9.45. The maximum absolute atomic E-state index is 4.86. The van der Waals surface area contributed by atoms with Crippen LogP contribution < -0.4 is 4.90 Å². The molecule has 2 aliphatic heterocycles. The van der Waals surface area contributed by atoms with Crippen molar-refractivity contribution in [2.45, 2.75) is 25.4 Å². The van der Waals surface area contributed by atoms with Crippen molar-refractivity contribution in [3.05, 3.63) is 48.4 Å². The summed E-state index contributed by atoms with van der Waals surface area (Å²) in [5.74, 6) is 1.81. The number of aryl methyl sites for hydroxylation is 1. The number of para-hydroxylation sites is 2. The molecule has 1 aromatic carbocycles. The van der Waals surface area contributed by atoms with Crippen LogP contribution in [-0.2, 0) is 13.6 Å². The van der Waals surface area contributed by atoms with Crippen LogP contribution >= 0.6 is 0 Å². The molecule has 2 fully saturated rings. The quantitative estimate of drug-likeness (QED) is 0.728. The highest BCUT2D eigenvalue weighted by molar-refractivity contribution is 5.75. The fourth-order valence-electron chi connectivity index (χ4n) is 4.50. The lowest BCUT2D eigenvalue weighted by Gasteiger charge is -2.39. The van der Waals surface area contributed by atoms with Gasteiger partial charge in [0.15, 0.2) is 0 Å². The van der Waals surface area contributed by atoms with Gasteiger partial charge >= 0.3 is 0 Å². The molecular weight excluding hydrogens is 324 g/mol. The Labute approximate surface area is 153 Å². The van der Waals surface area contributed by atoms with Crippen LogP contribution in [0.25, 0.3) is 11.0 Å². The van der Waals surface area contributed by atoms with Crippen LogP contribution in [0.15, 0.2) is 42.7 Å². The van der Waals surface area contributed by atoms with Gasteiger partial charge in [0.2, 0.25) is 0 Å². The molecule has 0 radical (unpaired) electrons. The number of anilines is 1. The zero-order chi connectivity index (χ0) is 17.5. The Kier molecular flexibility index (Phi) is 3.85. The van der Waals surface area contributed by atoms with Gasteiger partial charge in [-0.15, -0.1) is 0 Å². The van der Waals surface area contributed by atoms with Gasteiger partial charge in [-0.1, -0.05) is 12.1 Å². The molecule has 2 aromatic heterocycles. The lowest BCUT2D eigenvalue weighted by atomic mass is 9.92. The molecule has 0 N–H and O–H groups in total. The second-order valence-electron chi connectivity index (χ2n) is 7.48. The summed E-state index contributed by atoms with van der Waals surface area (Å²) < 4.78 is 1.99. The Morgan fingerprint density at radius 3 is 2.77 bits per heavy atom. The number of nitrogens with zero attached hydrogens (tertiary/aromatic N) is 6. The van der Waals surface area contributed by atoms with Crippen LogP contribution in [0, 0.1) is 5.92 Å². The lowest BCUT2D eigenvalue weighted by Crippen LogP contribution is -2.48. The Morgan fingerprint density at radius 1 is 1.08 bits per heavy atom. The fraction of sp³-hybridized carbons (Fsp3) is 0.450. The second kappa shape index (κ2) is 6.36. The number of benzene rings is 1. The molecule has 0 aliphatic carbocycles. The Morgan fingerprint density at radius 2 is 1.92 bits per heavy atom. The third-order valence-electron chi connectivity index (χ3n) is 6.02. The second-order valence-corrected chi connectivity index (χ2v) is 7.48. The third kappa shape index (κ3) is 2.74. The highest BCUT2D eigenvalue weighted by Crippen LogP contribution is 2.34. The van der Waals surface area contributed by atoms with Crippen molar-refractivity contribution in [3.63, 3.8) is 0 Å². The summed E-state index contributed by atoms with van der Waals surface area (Å²) in [6, 6.07) is 10.8. The molecule has 0 amide bonds. The van der Waals surface area contributed by atoms with Crippen LogP contribution in [0.4, 0.5) is 5.82 Å². The number of piperidine rings is 1. The van der Waals surface area contributed by atoms with E-state index in [0.717, 1.165) is 42.4 Å². The van der Waals surface area contributed by atoms with Crippen LogP contribution in [0.2, 0.25) is 0 Å². The summed E-state index contributed by atoms with van der Waals surface area (Å²) in [6.45, 7) is 4.27. The van der Waals surface area contributed by atoms with Gasteiger partial charge in [0.05, 0.1) is 22.9 Å². The van der Waals surface area contributed by atoms with E-state index in [4.69, 9.17) is 4.98 Å². The number of likely N-dealkylation sites (tertiary alicyclic amines) is 1. The normalized spacial score (nSPS) is 23.5. The molecule has 26 heavy (non-hydrogen) atoms.